The van der Waals surface area contributed by atoms with Crippen LogP contribution in [0.15, 0.2) is 72.8 Å². The van der Waals surface area contributed by atoms with Crippen molar-refractivity contribution in [2.24, 2.45) is 0 Å². The molecule has 0 saturated heterocycles. The van der Waals surface area contributed by atoms with Gasteiger partial charge in [-0.05, 0) is 53.6 Å². The quantitative estimate of drug-likeness (QED) is 0.404. The normalized spacial score (nSPS) is 10.7. The number of hydrogen-bond acceptors (Lipinski definition) is 6. The summed E-state index contributed by atoms with van der Waals surface area (Å²) in [4.78, 5) is 8.59. The Morgan fingerprint density at radius 2 is 1.36 bits per heavy atom. The molecule has 138 valence electrons. The molecule has 0 saturated carbocycles. The summed E-state index contributed by atoms with van der Waals surface area (Å²) in [6.07, 6.45) is 0. The second-order valence-corrected chi connectivity index (χ2v) is 6.40. The first-order valence-corrected chi connectivity index (χ1v) is 8.63. The molecular formula is C22H18N4O2. The summed E-state index contributed by atoms with van der Waals surface area (Å²) < 4.78 is 0. The van der Waals surface area contributed by atoms with E-state index in [2.05, 4.69) is 9.97 Å². The first-order valence-electron chi connectivity index (χ1n) is 8.63. The lowest BCUT2D eigenvalue weighted by Gasteiger charge is -2.10. The van der Waals surface area contributed by atoms with Crippen molar-refractivity contribution in [3.05, 3.63) is 72.8 Å². The molecule has 0 fully saturated rings. The first kappa shape index (κ1) is 17.4. The summed E-state index contributed by atoms with van der Waals surface area (Å²) in [6, 6.07) is 21.2. The van der Waals surface area contributed by atoms with Crippen LogP contribution in [0, 0.1) is 0 Å². The molecule has 0 amide bonds. The molecule has 0 aliphatic carbocycles. The van der Waals surface area contributed by atoms with Crippen LogP contribution in [-0.2, 0) is 0 Å². The zero-order valence-corrected chi connectivity index (χ0v) is 14.9. The van der Waals surface area contributed by atoms with Gasteiger partial charge in [-0.25, -0.2) is 9.97 Å². The number of benzene rings is 3. The maximum absolute atomic E-state index is 10.4. The van der Waals surface area contributed by atoms with Crippen LogP contribution in [0.4, 0.5) is 11.6 Å². The Morgan fingerprint density at radius 3 is 2.11 bits per heavy atom. The molecule has 0 bridgehead atoms. The Labute approximate surface area is 161 Å². The van der Waals surface area contributed by atoms with Crippen LogP contribution in [0.5, 0.6) is 11.5 Å². The van der Waals surface area contributed by atoms with E-state index in [1.54, 1.807) is 54.6 Å². The van der Waals surface area contributed by atoms with Gasteiger partial charge < -0.3 is 21.7 Å². The van der Waals surface area contributed by atoms with Crippen molar-refractivity contribution in [1.82, 2.24) is 9.97 Å². The molecule has 0 aliphatic heterocycles. The fourth-order valence-corrected chi connectivity index (χ4v) is 3.02. The van der Waals surface area contributed by atoms with Gasteiger partial charge in [-0.3, -0.25) is 0 Å². The molecule has 4 aromatic rings. The number of rotatable bonds is 3. The van der Waals surface area contributed by atoms with Gasteiger partial charge in [-0.15, -0.1) is 0 Å². The second kappa shape index (κ2) is 6.92. The van der Waals surface area contributed by atoms with Crippen molar-refractivity contribution in [3.63, 3.8) is 0 Å². The van der Waals surface area contributed by atoms with E-state index in [-0.39, 0.29) is 17.4 Å². The smallest absolute Gasteiger partial charge is 0.221 e. The number of aromatic hydroxyl groups is 2. The predicted molar refractivity (Wildman–Crippen MR) is 110 cm³/mol. The van der Waals surface area contributed by atoms with Crippen molar-refractivity contribution in [2.75, 3.05) is 11.5 Å². The largest absolute Gasteiger partial charge is 0.508 e. The summed E-state index contributed by atoms with van der Waals surface area (Å²) in [5.74, 6) is 0.376. The van der Waals surface area contributed by atoms with E-state index >= 15 is 0 Å². The molecule has 0 unspecified atom stereocenters. The van der Waals surface area contributed by atoms with Crippen LogP contribution in [0.2, 0.25) is 0 Å². The summed E-state index contributed by atoms with van der Waals surface area (Å²) in [5.41, 5.74) is 16.6. The van der Waals surface area contributed by atoms with Gasteiger partial charge in [0.15, 0.2) is 0 Å². The molecule has 3 aromatic carbocycles. The monoisotopic (exact) mass is 370 g/mol. The van der Waals surface area contributed by atoms with Crippen molar-refractivity contribution in [2.45, 2.75) is 0 Å². The fourth-order valence-electron chi connectivity index (χ4n) is 3.02. The highest BCUT2D eigenvalue weighted by atomic mass is 16.3. The number of nitrogens with zero attached hydrogens (tertiary/aromatic N) is 2. The predicted octanol–water partition coefficient (Wildman–Crippen LogP) is 4.05. The Hall–Kier alpha value is -4.06. The number of phenolic OH excluding ortho intramolecular Hbond substituents is 2. The van der Waals surface area contributed by atoms with Gasteiger partial charge in [0.1, 0.15) is 11.5 Å². The lowest BCUT2D eigenvalue weighted by Crippen LogP contribution is -1.99. The third-order valence-electron chi connectivity index (χ3n) is 4.40. The van der Waals surface area contributed by atoms with Crippen LogP contribution < -0.4 is 11.5 Å². The average molecular weight is 370 g/mol. The molecule has 0 atom stereocenters. The van der Waals surface area contributed by atoms with Gasteiger partial charge >= 0.3 is 0 Å². The van der Waals surface area contributed by atoms with Crippen LogP contribution >= 0.6 is 0 Å². The van der Waals surface area contributed by atoms with Crippen LogP contribution in [0.1, 0.15) is 0 Å². The molecule has 0 aliphatic rings. The summed E-state index contributed by atoms with van der Waals surface area (Å²) in [7, 11) is 0. The van der Waals surface area contributed by atoms with E-state index in [0.29, 0.717) is 22.6 Å². The summed E-state index contributed by atoms with van der Waals surface area (Å²) >= 11 is 0. The maximum atomic E-state index is 10.4. The van der Waals surface area contributed by atoms with Crippen LogP contribution in [-0.4, -0.2) is 20.2 Å². The third kappa shape index (κ3) is 3.43. The van der Waals surface area contributed by atoms with Gasteiger partial charge in [0.25, 0.3) is 0 Å². The van der Waals surface area contributed by atoms with E-state index in [1.807, 2.05) is 18.2 Å². The standard InChI is InChI=1S/C22H18N4O2/c23-16-3-1-2-15(10-16)19-12-20(26-22(24)25-19)18-11-14(6-9-21(18)28)13-4-7-17(27)8-5-13/h1-12,27-28H,23H2,(H2,24,25,26). The molecule has 0 spiro atoms. The Balaban J connectivity index is 1.82. The molecule has 0 radical (unpaired) electrons. The highest BCUT2D eigenvalue weighted by Crippen LogP contribution is 2.35. The van der Waals surface area contributed by atoms with Crippen molar-refractivity contribution in [1.29, 1.82) is 0 Å². The van der Waals surface area contributed by atoms with Gasteiger partial charge in [0.2, 0.25) is 5.95 Å². The molecule has 1 aromatic heterocycles. The van der Waals surface area contributed by atoms with Crippen molar-refractivity contribution < 1.29 is 10.2 Å². The summed E-state index contributed by atoms with van der Waals surface area (Å²) in [6.45, 7) is 0. The lowest BCUT2D eigenvalue weighted by atomic mass is 10.00. The molecule has 28 heavy (non-hydrogen) atoms. The zero-order chi connectivity index (χ0) is 19.7. The number of phenols is 2. The number of nitrogens with two attached hydrogens (primary N) is 2. The minimum Gasteiger partial charge on any atom is -0.508 e. The molecule has 6 heteroatoms. The van der Waals surface area contributed by atoms with E-state index in [4.69, 9.17) is 11.5 Å². The van der Waals surface area contributed by atoms with E-state index < -0.39 is 0 Å². The van der Waals surface area contributed by atoms with E-state index in [1.165, 1.54) is 0 Å². The Morgan fingerprint density at radius 1 is 0.643 bits per heavy atom. The van der Waals surface area contributed by atoms with E-state index in [0.717, 1.165) is 16.7 Å². The van der Waals surface area contributed by atoms with Crippen LogP contribution in [0.25, 0.3) is 33.6 Å². The van der Waals surface area contributed by atoms with Gasteiger partial charge in [0, 0.05) is 16.8 Å². The van der Waals surface area contributed by atoms with Crippen molar-refractivity contribution >= 4 is 11.6 Å². The number of nitrogen functional groups attached to an aromatic ring is 2. The third-order valence-corrected chi connectivity index (χ3v) is 4.40. The number of anilines is 2. The maximum Gasteiger partial charge on any atom is 0.221 e. The second-order valence-electron chi connectivity index (χ2n) is 6.40. The Bertz CT molecular complexity index is 1160. The molecule has 6 nitrogen and oxygen atoms in total. The average Bonchev–Trinajstić information content (AvgIpc) is 2.68. The topological polar surface area (TPSA) is 118 Å². The van der Waals surface area contributed by atoms with E-state index in [9.17, 15) is 10.2 Å². The minimum absolute atomic E-state index is 0.0825. The van der Waals surface area contributed by atoms with Crippen LogP contribution in [0.3, 0.4) is 0 Å². The lowest BCUT2D eigenvalue weighted by molar-refractivity contribution is 0.475. The minimum atomic E-state index is 0.0825. The molecule has 4 rings (SSSR count). The first-order chi connectivity index (χ1) is 13.5. The highest BCUT2D eigenvalue weighted by molar-refractivity contribution is 5.78. The zero-order valence-electron chi connectivity index (χ0n) is 14.9. The summed E-state index contributed by atoms with van der Waals surface area (Å²) in [5, 5.41) is 19.9. The van der Waals surface area contributed by atoms with Gasteiger partial charge in [-0.2, -0.15) is 0 Å². The Kier molecular flexibility index (Phi) is 4.29. The van der Waals surface area contributed by atoms with Gasteiger partial charge in [0.05, 0.1) is 11.4 Å². The number of aromatic nitrogens is 2. The molecular weight excluding hydrogens is 352 g/mol. The highest BCUT2D eigenvalue weighted by Gasteiger charge is 2.12. The number of hydrogen-bond donors (Lipinski definition) is 4. The molecule has 6 N–H and O–H groups in total. The molecule has 1 heterocycles. The fraction of sp³-hybridized carbons (Fsp3) is 0. The van der Waals surface area contributed by atoms with Crippen molar-refractivity contribution in [3.8, 4) is 45.1 Å². The van der Waals surface area contributed by atoms with Gasteiger partial charge in [-0.1, -0.05) is 30.3 Å². The SMILES string of the molecule is Nc1cccc(-c2cc(-c3cc(-c4ccc(O)cc4)ccc3O)nc(N)n2)c1.